The Hall–Kier alpha value is -2.01. The van der Waals surface area contributed by atoms with Gasteiger partial charge in [0.05, 0.1) is 5.54 Å². The summed E-state index contributed by atoms with van der Waals surface area (Å²) in [6.45, 7) is 5.13. The maximum atomic E-state index is 5.98. The van der Waals surface area contributed by atoms with Crippen LogP contribution in [-0.2, 0) is 0 Å². The van der Waals surface area contributed by atoms with Gasteiger partial charge in [0.25, 0.3) is 0 Å². The molecule has 0 radical (unpaired) electrons. The molecule has 0 amide bonds. The van der Waals surface area contributed by atoms with Gasteiger partial charge in [-0.05, 0) is 36.4 Å². The molecule has 1 aromatic heterocycles. The molecule has 1 aliphatic rings. The number of ether oxygens (including phenoxy) is 2. The standard InChI is InChI=1S/C16H21N3O2/c1-3-16(4-2,9-17)19-15-12-8-14-13(20-10-21-14)7-11(12)5-6-18-15/h5-8H,3-4,9-10,17H2,1-2H3,(H,18,19). The molecule has 112 valence electrons. The van der Waals surface area contributed by atoms with Crippen LogP contribution < -0.4 is 20.5 Å². The first kappa shape index (κ1) is 13.9. The molecule has 5 nitrogen and oxygen atoms in total. The fourth-order valence-electron chi connectivity index (χ4n) is 2.68. The molecule has 0 saturated heterocycles. The zero-order chi connectivity index (χ0) is 14.9. The maximum Gasteiger partial charge on any atom is 0.231 e. The molecule has 0 fully saturated rings. The summed E-state index contributed by atoms with van der Waals surface area (Å²) in [7, 11) is 0. The van der Waals surface area contributed by atoms with Gasteiger partial charge in [-0.25, -0.2) is 4.98 Å². The lowest BCUT2D eigenvalue weighted by Crippen LogP contribution is -2.44. The SMILES string of the molecule is CCC(CC)(CN)Nc1nccc2cc3c(cc12)OCO3. The van der Waals surface area contributed by atoms with Gasteiger partial charge >= 0.3 is 0 Å². The van der Waals surface area contributed by atoms with Gasteiger partial charge in [-0.15, -0.1) is 0 Å². The highest BCUT2D eigenvalue weighted by molar-refractivity contribution is 5.94. The van der Waals surface area contributed by atoms with E-state index in [0.29, 0.717) is 6.54 Å². The molecule has 1 aliphatic heterocycles. The van der Waals surface area contributed by atoms with E-state index in [9.17, 15) is 0 Å². The van der Waals surface area contributed by atoms with Crippen LogP contribution in [0.25, 0.3) is 10.8 Å². The largest absolute Gasteiger partial charge is 0.454 e. The molecule has 0 spiro atoms. The summed E-state index contributed by atoms with van der Waals surface area (Å²) in [6.07, 6.45) is 3.70. The lowest BCUT2D eigenvalue weighted by atomic mass is 9.92. The lowest BCUT2D eigenvalue weighted by Gasteiger charge is -2.32. The van der Waals surface area contributed by atoms with Crippen LogP contribution in [0.1, 0.15) is 26.7 Å². The third-order valence-electron chi connectivity index (χ3n) is 4.39. The van der Waals surface area contributed by atoms with Gasteiger partial charge in [0.15, 0.2) is 11.5 Å². The summed E-state index contributed by atoms with van der Waals surface area (Å²) in [4.78, 5) is 4.50. The van der Waals surface area contributed by atoms with Gasteiger partial charge in [-0.1, -0.05) is 13.8 Å². The zero-order valence-corrected chi connectivity index (χ0v) is 12.5. The maximum absolute atomic E-state index is 5.98. The average molecular weight is 287 g/mol. The summed E-state index contributed by atoms with van der Waals surface area (Å²) in [5.74, 6) is 2.40. The van der Waals surface area contributed by atoms with Crippen molar-refractivity contribution in [1.82, 2.24) is 4.98 Å². The fourth-order valence-corrected chi connectivity index (χ4v) is 2.68. The van der Waals surface area contributed by atoms with Gasteiger partial charge in [-0.3, -0.25) is 0 Å². The smallest absolute Gasteiger partial charge is 0.231 e. The van der Waals surface area contributed by atoms with E-state index in [1.807, 2.05) is 18.2 Å². The average Bonchev–Trinajstić information content (AvgIpc) is 2.98. The Balaban J connectivity index is 2.06. The van der Waals surface area contributed by atoms with Gasteiger partial charge in [0.1, 0.15) is 5.82 Å². The minimum Gasteiger partial charge on any atom is -0.454 e. The third kappa shape index (κ3) is 2.38. The number of pyridine rings is 1. The van der Waals surface area contributed by atoms with Crippen molar-refractivity contribution >= 4 is 16.6 Å². The molecule has 3 rings (SSSR count). The van der Waals surface area contributed by atoms with E-state index in [1.54, 1.807) is 6.20 Å². The van der Waals surface area contributed by atoms with E-state index < -0.39 is 0 Å². The third-order valence-corrected chi connectivity index (χ3v) is 4.39. The van der Waals surface area contributed by atoms with E-state index in [-0.39, 0.29) is 12.3 Å². The number of hydrogen-bond acceptors (Lipinski definition) is 5. The quantitative estimate of drug-likeness (QED) is 0.885. The van der Waals surface area contributed by atoms with Crippen LogP contribution >= 0.6 is 0 Å². The number of nitrogens with one attached hydrogen (secondary N) is 1. The van der Waals surface area contributed by atoms with E-state index in [4.69, 9.17) is 15.2 Å². The first-order valence-electron chi connectivity index (χ1n) is 7.38. The Morgan fingerprint density at radius 3 is 2.62 bits per heavy atom. The van der Waals surface area contributed by atoms with Crippen molar-refractivity contribution in [2.24, 2.45) is 5.73 Å². The number of benzene rings is 1. The Labute approximate surface area is 124 Å². The van der Waals surface area contributed by atoms with Gasteiger partial charge in [0, 0.05) is 18.1 Å². The molecule has 5 heteroatoms. The second kappa shape index (κ2) is 5.41. The van der Waals surface area contributed by atoms with Crippen molar-refractivity contribution in [3.8, 4) is 11.5 Å². The minimum atomic E-state index is -0.127. The number of fused-ring (bicyclic) bond motifs is 2. The minimum absolute atomic E-state index is 0.127. The number of nitrogens with zero attached hydrogens (tertiary/aromatic N) is 1. The molecule has 2 aromatic rings. The van der Waals surface area contributed by atoms with E-state index in [2.05, 4.69) is 24.1 Å². The summed E-state index contributed by atoms with van der Waals surface area (Å²) in [6, 6.07) is 5.95. The van der Waals surface area contributed by atoms with Crippen molar-refractivity contribution in [3.05, 3.63) is 24.4 Å². The molecule has 2 heterocycles. The van der Waals surface area contributed by atoms with Crippen molar-refractivity contribution in [2.75, 3.05) is 18.7 Å². The highest BCUT2D eigenvalue weighted by atomic mass is 16.7. The molecule has 0 aliphatic carbocycles. The number of rotatable bonds is 5. The summed E-state index contributed by atoms with van der Waals surface area (Å²) < 4.78 is 10.9. The molecule has 0 saturated carbocycles. The van der Waals surface area contributed by atoms with Gasteiger partial charge in [-0.2, -0.15) is 0 Å². The topological polar surface area (TPSA) is 69.4 Å². The Morgan fingerprint density at radius 2 is 1.95 bits per heavy atom. The molecule has 21 heavy (non-hydrogen) atoms. The predicted molar refractivity (Wildman–Crippen MR) is 83.9 cm³/mol. The molecular formula is C16H21N3O2. The van der Waals surface area contributed by atoms with Crippen LogP contribution in [0, 0.1) is 0 Å². The van der Waals surface area contributed by atoms with Crippen LogP contribution in [0.5, 0.6) is 11.5 Å². The second-order valence-electron chi connectivity index (χ2n) is 5.40. The van der Waals surface area contributed by atoms with E-state index >= 15 is 0 Å². The Bertz CT molecular complexity index is 645. The summed E-state index contributed by atoms with van der Waals surface area (Å²) in [5, 5.41) is 5.65. The zero-order valence-electron chi connectivity index (χ0n) is 12.5. The van der Waals surface area contributed by atoms with Crippen LogP contribution in [0.3, 0.4) is 0 Å². The molecule has 0 atom stereocenters. The van der Waals surface area contributed by atoms with Crippen molar-refractivity contribution in [3.63, 3.8) is 0 Å². The molecule has 3 N–H and O–H groups in total. The highest BCUT2D eigenvalue weighted by Crippen LogP contribution is 2.38. The highest BCUT2D eigenvalue weighted by Gasteiger charge is 2.25. The van der Waals surface area contributed by atoms with Crippen molar-refractivity contribution < 1.29 is 9.47 Å². The number of aromatic nitrogens is 1. The van der Waals surface area contributed by atoms with Gasteiger partial charge in [0.2, 0.25) is 6.79 Å². The van der Waals surface area contributed by atoms with Crippen LogP contribution in [0.15, 0.2) is 24.4 Å². The van der Waals surface area contributed by atoms with Crippen LogP contribution in [0.4, 0.5) is 5.82 Å². The van der Waals surface area contributed by atoms with E-state index in [1.165, 1.54) is 0 Å². The lowest BCUT2D eigenvalue weighted by molar-refractivity contribution is 0.174. The first-order valence-corrected chi connectivity index (χ1v) is 7.38. The monoisotopic (exact) mass is 287 g/mol. The number of nitrogens with two attached hydrogens (primary N) is 1. The number of anilines is 1. The van der Waals surface area contributed by atoms with Crippen LogP contribution in [-0.4, -0.2) is 23.9 Å². The summed E-state index contributed by atoms with van der Waals surface area (Å²) in [5.41, 5.74) is 5.85. The van der Waals surface area contributed by atoms with Crippen LogP contribution in [0.2, 0.25) is 0 Å². The molecule has 1 aromatic carbocycles. The second-order valence-corrected chi connectivity index (χ2v) is 5.40. The first-order chi connectivity index (χ1) is 10.2. The van der Waals surface area contributed by atoms with Crippen molar-refractivity contribution in [1.29, 1.82) is 0 Å². The normalized spacial score (nSPS) is 13.7. The van der Waals surface area contributed by atoms with E-state index in [0.717, 1.165) is 40.9 Å². The number of hydrogen-bond donors (Lipinski definition) is 2. The Kier molecular flexibility index (Phi) is 3.59. The molecule has 0 bridgehead atoms. The fraction of sp³-hybridized carbons (Fsp3) is 0.438. The summed E-state index contributed by atoms with van der Waals surface area (Å²) >= 11 is 0. The van der Waals surface area contributed by atoms with Crippen molar-refractivity contribution in [2.45, 2.75) is 32.2 Å². The molecule has 0 unspecified atom stereocenters. The molecular weight excluding hydrogens is 266 g/mol. The predicted octanol–water partition coefficient (Wildman–Crippen LogP) is 2.89. The Morgan fingerprint density at radius 1 is 1.24 bits per heavy atom. The van der Waals surface area contributed by atoms with Gasteiger partial charge < -0.3 is 20.5 Å².